The molecule has 1 amide bonds. The molecular weight excluding hydrogens is 314 g/mol. The van der Waals surface area contributed by atoms with Crippen LogP contribution < -0.4 is 15.8 Å². The number of halogens is 1. The molecule has 2 unspecified atom stereocenters. The summed E-state index contributed by atoms with van der Waals surface area (Å²) in [6.45, 7) is 2.87. The zero-order valence-electron chi connectivity index (χ0n) is 11.7. The van der Waals surface area contributed by atoms with E-state index >= 15 is 0 Å². The number of sulfonamides is 1. The van der Waals surface area contributed by atoms with E-state index in [1.54, 1.807) is 0 Å². The molecule has 1 saturated heterocycles. The first-order valence-electron chi connectivity index (χ1n) is 6.56. The zero-order chi connectivity index (χ0) is 14.8. The highest BCUT2D eigenvalue weighted by Gasteiger charge is 2.26. The summed E-state index contributed by atoms with van der Waals surface area (Å²) in [4.78, 5) is 11.1. The number of rotatable bonds is 4. The lowest BCUT2D eigenvalue weighted by molar-refractivity contribution is 0.1000. The minimum Gasteiger partial charge on any atom is -0.366 e. The van der Waals surface area contributed by atoms with Crippen LogP contribution in [0, 0.1) is 0 Å². The van der Waals surface area contributed by atoms with Crippen LogP contribution in [-0.2, 0) is 10.0 Å². The Labute approximate surface area is 130 Å². The van der Waals surface area contributed by atoms with Crippen LogP contribution in [-0.4, -0.2) is 33.0 Å². The van der Waals surface area contributed by atoms with Crippen LogP contribution in [0.5, 0.6) is 0 Å². The van der Waals surface area contributed by atoms with E-state index in [2.05, 4.69) is 10.0 Å². The molecule has 21 heavy (non-hydrogen) atoms. The number of primary amides is 1. The van der Waals surface area contributed by atoms with Crippen molar-refractivity contribution in [3.8, 4) is 0 Å². The normalized spacial score (nSPS) is 22.3. The highest BCUT2D eigenvalue weighted by molar-refractivity contribution is 7.89. The third kappa shape index (κ3) is 4.41. The van der Waals surface area contributed by atoms with Crippen LogP contribution in [0.25, 0.3) is 0 Å². The minimum atomic E-state index is -3.58. The number of nitrogens with two attached hydrogens (primary N) is 1. The molecule has 0 saturated carbocycles. The van der Waals surface area contributed by atoms with Crippen LogP contribution in [0.2, 0.25) is 0 Å². The summed E-state index contributed by atoms with van der Waals surface area (Å²) in [5.41, 5.74) is 5.42. The van der Waals surface area contributed by atoms with Crippen molar-refractivity contribution in [3.63, 3.8) is 0 Å². The largest absolute Gasteiger partial charge is 0.366 e. The molecular formula is C13H20ClN3O3S. The van der Waals surface area contributed by atoms with Gasteiger partial charge >= 0.3 is 0 Å². The van der Waals surface area contributed by atoms with E-state index in [0.29, 0.717) is 0 Å². The Morgan fingerprint density at radius 1 is 1.33 bits per heavy atom. The second-order valence-corrected chi connectivity index (χ2v) is 6.72. The molecule has 0 spiro atoms. The van der Waals surface area contributed by atoms with Crippen molar-refractivity contribution in [1.82, 2.24) is 10.0 Å². The number of benzene rings is 1. The van der Waals surface area contributed by atoms with Gasteiger partial charge < -0.3 is 11.1 Å². The average Bonchev–Trinajstić information content (AvgIpc) is 2.41. The first-order chi connectivity index (χ1) is 9.40. The lowest BCUT2D eigenvalue weighted by Gasteiger charge is -2.30. The number of carbonyl (C=O) groups excluding carboxylic acids is 1. The van der Waals surface area contributed by atoms with Gasteiger partial charge in [-0.15, -0.1) is 12.4 Å². The molecule has 4 N–H and O–H groups in total. The Bertz CT molecular complexity index is 589. The van der Waals surface area contributed by atoms with Gasteiger partial charge in [-0.25, -0.2) is 13.1 Å². The molecule has 1 aromatic carbocycles. The molecule has 0 aliphatic carbocycles. The molecule has 0 bridgehead atoms. The predicted octanol–water partition coefficient (Wildman–Crippen LogP) is 0.626. The monoisotopic (exact) mass is 333 g/mol. The number of carbonyl (C=O) groups is 1. The maximum Gasteiger partial charge on any atom is 0.248 e. The molecule has 1 aliphatic heterocycles. The number of hydrogen-bond donors (Lipinski definition) is 3. The number of nitrogens with one attached hydrogen (secondary N) is 2. The summed E-state index contributed by atoms with van der Waals surface area (Å²) in [6.07, 6.45) is 1.75. The van der Waals surface area contributed by atoms with Crippen molar-refractivity contribution in [2.75, 3.05) is 6.54 Å². The van der Waals surface area contributed by atoms with Crippen molar-refractivity contribution in [1.29, 1.82) is 0 Å². The van der Waals surface area contributed by atoms with E-state index in [0.717, 1.165) is 19.4 Å². The van der Waals surface area contributed by atoms with Crippen molar-refractivity contribution >= 4 is 28.3 Å². The fraction of sp³-hybridized carbons (Fsp3) is 0.462. The van der Waals surface area contributed by atoms with Crippen LogP contribution in [0.3, 0.4) is 0 Å². The highest BCUT2D eigenvalue weighted by Crippen LogP contribution is 2.15. The molecule has 1 aromatic rings. The van der Waals surface area contributed by atoms with Crippen LogP contribution in [0.15, 0.2) is 29.2 Å². The molecule has 6 nitrogen and oxygen atoms in total. The maximum absolute atomic E-state index is 12.3. The summed E-state index contributed by atoms with van der Waals surface area (Å²) in [6, 6.07) is 5.60. The Balaban J connectivity index is 0.00000220. The summed E-state index contributed by atoms with van der Waals surface area (Å²) < 4.78 is 27.2. The molecule has 1 aliphatic rings. The lowest BCUT2D eigenvalue weighted by atomic mass is 10.0. The average molecular weight is 334 g/mol. The van der Waals surface area contributed by atoms with Gasteiger partial charge in [-0.1, -0.05) is 0 Å². The number of piperidine rings is 1. The Morgan fingerprint density at radius 3 is 2.48 bits per heavy atom. The molecule has 1 fully saturated rings. The molecule has 8 heteroatoms. The topological polar surface area (TPSA) is 101 Å². The lowest BCUT2D eigenvalue weighted by Crippen LogP contribution is -2.51. The number of hydrogen-bond acceptors (Lipinski definition) is 4. The summed E-state index contributed by atoms with van der Waals surface area (Å²) in [5.74, 6) is -0.577. The quantitative estimate of drug-likeness (QED) is 0.752. The minimum absolute atomic E-state index is 0. The fourth-order valence-corrected chi connectivity index (χ4v) is 3.62. The molecule has 1 heterocycles. The predicted molar refractivity (Wildman–Crippen MR) is 83.0 cm³/mol. The summed E-state index contributed by atoms with van der Waals surface area (Å²) >= 11 is 0. The molecule has 0 radical (unpaired) electrons. The molecule has 0 aromatic heterocycles. The SMILES string of the molecule is CC1NCCCC1NS(=O)(=O)c1ccc(C(N)=O)cc1.Cl. The second kappa shape index (κ2) is 7.22. The van der Waals surface area contributed by atoms with Gasteiger partial charge in [0.2, 0.25) is 15.9 Å². The Hall–Kier alpha value is -1.15. The van der Waals surface area contributed by atoms with Gasteiger partial charge in [0.05, 0.1) is 4.90 Å². The van der Waals surface area contributed by atoms with Gasteiger partial charge in [0, 0.05) is 17.6 Å². The molecule has 2 rings (SSSR count). The van der Waals surface area contributed by atoms with E-state index in [9.17, 15) is 13.2 Å². The van der Waals surface area contributed by atoms with Gasteiger partial charge in [-0.2, -0.15) is 0 Å². The van der Waals surface area contributed by atoms with E-state index in [1.807, 2.05) is 6.92 Å². The third-order valence-electron chi connectivity index (χ3n) is 3.52. The van der Waals surface area contributed by atoms with Crippen LogP contribution in [0.4, 0.5) is 0 Å². The zero-order valence-corrected chi connectivity index (χ0v) is 13.3. The van der Waals surface area contributed by atoms with Crippen molar-refractivity contribution in [3.05, 3.63) is 29.8 Å². The Morgan fingerprint density at radius 2 is 1.95 bits per heavy atom. The summed E-state index contributed by atoms with van der Waals surface area (Å²) in [5, 5.41) is 3.24. The van der Waals surface area contributed by atoms with Crippen molar-refractivity contribution in [2.24, 2.45) is 5.73 Å². The standard InChI is InChI=1S/C13H19N3O3S.ClH/c1-9-12(3-2-8-15-9)16-20(18,19)11-6-4-10(5-7-11)13(14)17;/h4-7,9,12,15-16H,2-3,8H2,1H3,(H2,14,17);1H. The third-order valence-corrected chi connectivity index (χ3v) is 5.02. The van der Waals surface area contributed by atoms with Crippen LogP contribution >= 0.6 is 12.4 Å². The Kier molecular flexibility index (Phi) is 6.15. The fourth-order valence-electron chi connectivity index (χ4n) is 2.27. The first-order valence-corrected chi connectivity index (χ1v) is 8.04. The second-order valence-electron chi connectivity index (χ2n) is 5.00. The molecule has 2 atom stereocenters. The van der Waals surface area contributed by atoms with Crippen LogP contribution in [0.1, 0.15) is 30.1 Å². The van der Waals surface area contributed by atoms with Gasteiger partial charge in [0.15, 0.2) is 0 Å². The van der Waals surface area contributed by atoms with E-state index in [1.165, 1.54) is 24.3 Å². The van der Waals surface area contributed by atoms with E-state index < -0.39 is 15.9 Å². The van der Waals surface area contributed by atoms with Gasteiger partial charge in [0.1, 0.15) is 0 Å². The molecule has 118 valence electrons. The number of amides is 1. The van der Waals surface area contributed by atoms with Crippen molar-refractivity contribution in [2.45, 2.75) is 36.7 Å². The van der Waals surface area contributed by atoms with Gasteiger partial charge in [-0.05, 0) is 50.6 Å². The van der Waals surface area contributed by atoms with Gasteiger partial charge in [0.25, 0.3) is 0 Å². The summed E-state index contributed by atoms with van der Waals surface area (Å²) in [7, 11) is -3.58. The first kappa shape index (κ1) is 17.9. The maximum atomic E-state index is 12.3. The smallest absolute Gasteiger partial charge is 0.248 e. The van der Waals surface area contributed by atoms with E-state index in [4.69, 9.17) is 5.73 Å². The highest BCUT2D eigenvalue weighted by atomic mass is 35.5. The van der Waals surface area contributed by atoms with E-state index in [-0.39, 0.29) is 34.9 Å². The van der Waals surface area contributed by atoms with Gasteiger partial charge in [-0.3, -0.25) is 4.79 Å². The van der Waals surface area contributed by atoms with Crippen molar-refractivity contribution < 1.29 is 13.2 Å².